The Balaban J connectivity index is 2.17. The third-order valence-corrected chi connectivity index (χ3v) is 2.54. The average Bonchev–Trinajstić information content (AvgIpc) is 2.45. The van der Waals surface area contributed by atoms with E-state index >= 15 is 0 Å². The number of rotatable bonds is 5. The molecule has 1 atom stereocenters. The fourth-order valence-electron chi connectivity index (χ4n) is 1.64. The molecule has 0 aliphatic heterocycles. The van der Waals surface area contributed by atoms with Crippen LogP contribution in [0.2, 0.25) is 0 Å². The molecule has 0 spiro atoms. The van der Waals surface area contributed by atoms with Crippen molar-refractivity contribution in [1.82, 2.24) is 9.97 Å². The summed E-state index contributed by atoms with van der Waals surface area (Å²) in [7, 11) is 0. The first kappa shape index (κ1) is 12.5. The van der Waals surface area contributed by atoms with Crippen molar-refractivity contribution < 1.29 is 9.84 Å². The fourth-order valence-corrected chi connectivity index (χ4v) is 1.64. The predicted molar refractivity (Wildman–Crippen MR) is 68.3 cm³/mol. The number of aliphatic hydroxyl groups is 1. The molecular formula is C14H16N2O2. The molecule has 4 heteroatoms. The van der Waals surface area contributed by atoms with Gasteiger partial charge in [0.2, 0.25) is 0 Å². The van der Waals surface area contributed by atoms with Crippen LogP contribution in [0.15, 0.2) is 43.0 Å². The van der Waals surface area contributed by atoms with Crippen molar-refractivity contribution in [3.05, 3.63) is 54.1 Å². The zero-order valence-electron chi connectivity index (χ0n) is 10.3. The summed E-state index contributed by atoms with van der Waals surface area (Å²) in [5, 5.41) is 10.2. The number of hydrogen-bond acceptors (Lipinski definition) is 4. The van der Waals surface area contributed by atoms with E-state index < -0.39 is 6.10 Å². The second-order valence-electron chi connectivity index (χ2n) is 4.00. The molecule has 0 saturated carbocycles. The van der Waals surface area contributed by atoms with Crippen molar-refractivity contribution in [3.8, 4) is 5.75 Å². The first-order chi connectivity index (χ1) is 8.81. The maximum atomic E-state index is 10.2. The lowest BCUT2D eigenvalue weighted by Gasteiger charge is -2.12. The van der Waals surface area contributed by atoms with Crippen LogP contribution in [-0.4, -0.2) is 21.7 Å². The van der Waals surface area contributed by atoms with Crippen LogP contribution in [0.25, 0.3) is 0 Å². The molecule has 0 bridgehead atoms. The molecule has 1 unspecified atom stereocenters. The van der Waals surface area contributed by atoms with Crippen molar-refractivity contribution in [2.75, 3.05) is 6.61 Å². The largest absolute Gasteiger partial charge is 0.494 e. The summed E-state index contributed by atoms with van der Waals surface area (Å²) in [5.41, 5.74) is 1.45. The van der Waals surface area contributed by atoms with Gasteiger partial charge in [0.15, 0.2) is 0 Å². The van der Waals surface area contributed by atoms with Crippen molar-refractivity contribution in [3.63, 3.8) is 0 Å². The maximum absolute atomic E-state index is 10.2. The summed E-state index contributed by atoms with van der Waals surface area (Å²) in [6.07, 6.45) is 4.89. The van der Waals surface area contributed by atoms with Gasteiger partial charge in [-0.1, -0.05) is 19.1 Å². The van der Waals surface area contributed by atoms with Crippen LogP contribution >= 0.6 is 0 Å². The highest BCUT2D eigenvalue weighted by Crippen LogP contribution is 2.24. The second kappa shape index (κ2) is 6.12. The molecule has 0 amide bonds. The first-order valence-electron chi connectivity index (χ1n) is 5.97. The highest BCUT2D eigenvalue weighted by Gasteiger charge is 2.11. The van der Waals surface area contributed by atoms with Gasteiger partial charge < -0.3 is 9.84 Å². The highest BCUT2D eigenvalue weighted by molar-refractivity contribution is 5.33. The standard InChI is InChI=1S/C14H16N2O2/c1-2-6-18-13-5-3-4-11(7-13)14(17)12-8-15-10-16-9-12/h3-5,7-10,14,17H,2,6H2,1H3. The Morgan fingerprint density at radius 2 is 2.00 bits per heavy atom. The van der Waals surface area contributed by atoms with E-state index in [0.717, 1.165) is 17.7 Å². The molecule has 1 heterocycles. The Morgan fingerprint density at radius 1 is 1.22 bits per heavy atom. The minimum atomic E-state index is -0.726. The Kier molecular flexibility index (Phi) is 4.25. The SMILES string of the molecule is CCCOc1cccc(C(O)c2cncnc2)c1. The van der Waals surface area contributed by atoms with Gasteiger partial charge in [0.05, 0.1) is 6.61 Å². The molecule has 18 heavy (non-hydrogen) atoms. The van der Waals surface area contributed by atoms with Gasteiger partial charge >= 0.3 is 0 Å². The number of hydrogen-bond donors (Lipinski definition) is 1. The fraction of sp³-hybridized carbons (Fsp3) is 0.286. The molecule has 1 N–H and O–H groups in total. The van der Waals surface area contributed by atoms with Gasteiger partial charge in [-0.15, -0.1) is 0 Å². The zero-order valence-corrected chi connectivity index (χ0v) is 10.3. The first-order valence-corrected chi connectivity index (χ1v) is 5.97. The zero-order chi connectivity index (χ0) is 12.8. The Morgan fingerprint density at radius 3 is 2.72 bits per heavy atom. The molecule has 0 saturated heterocycles. The van der Waals surface area contributed by atoms with Gasteiger partial charge in [-0.05, 0) is 24.1 Å². The Hall–Kier alpha value is -1.94. The minimum absolute atomic E-state index is 0.671. The molecular weight excluding hydrogens is 228 g/mol. The maximum Gasteiger partial charge on any atom is 0.119 e. The summed E-state index contributed by atoms with van der Waals surface area (Å²) in [5.74, 6) is 0.769. The summed E-state index contributed by atoms with van der Waals surface area (Å²) in [6.45, 7) is 2.73. The number of aliphatic hydroxyl groups excluding tert-OH is 1. The van der Waals surface area contributed by atoms with Crippen LogP contribution in [0.5, 0.6) is 5.75 Å². The topological polar surface area (TPSA) is 55.2 Å². The van der Waals surface area contributed by atoms with Crippen molar-refractivity contribution in [2.24, 2.45) is 0 Å². The summed E-state index contributed by atoms with van der Waals surface area (Å²) in [6, 6.07) is 7.45. The molecule has 1 aromatic carbocycles. The highest BCUT2D eigenvalue weighted by atomic mass is 16.5. The number of ether oxygens (including phenoxy) is 1. The van der Waals surface area contributed by atoms with Crippen molar-refractivity contribution in [1.29, 1.82) is 0 Å². The van der Waals surface area contributed by atoms with E-state index in [-0.39, 0.29) is 0 Å². The van der Waals surface area contributed by atoms with Gasteiger partial charge in [-0.25, -0.2) is 9.97 Å². The molecule has 4 nitrogen and oxygen atoms in total. The number of benzene rings is 1. The molecule has 0 fully saturated rings. The Labute approximate surface area is 106 Å². The Bertz CT molecular complexity index is 488. The number of aromatic nitrogens is 2. The normalized spacial score (nSPS) is 12.1. The van der Waals surface area contributed by atoms with E-state index in [1.54, 1.807) is 12.4 Å². The van der Waals surface area contributed by atoms with Crippen LogP contribution in [0, 0.1) is 0 Å². The van der Waals surface area contributed by atoms with E-state index in [0.29, 0.717) is 12.2 Å². The number of nitrogens with zero attached hydrogens (tertiary/aromatic N) is 2. The lowest BCUT2D eigenvalue weighted by molar-refractivity contribution is 0.218. The lowest BCUT2D eigenvalue weighted by Crippen LogP contribution is -2.02. The van der Waals surface area contributed by atoms with Crippen LogP contribution in [0.3, 0.4) is 0 Å². The summed E-state index contributed by atoms with van der Waals surface area (Å²) < 4.78 is 5.54. The molecule has 0 aliphatic rings. The van der Waals surface area contributed by atoms with E-state index in [4.69, 9.17) is 4.74 Å². The third kappa shape index (κ3) is 3.05. The molecule has 94 valence electrons. The monoisotopic (exact) mass is 244 g/mol. The van der Waals surface area contributed by atoms with Gasteiger partial charge in [0.1, 0.15) is 18.2 Å². The predicted octanol–water partition coefficient (Wildman–Crippen LogP) is 2.35. The second-order valence-corrected chi connectivity index (χ2v) is 4.00. The lowest BCUT2D eigenvalue weighted by atomic mass is 10.0. The van der Waals surface area contributed by atoms with E-state index in [1.807, 2.05) is 24.3 Å². The van der Waals surface area contributed by atoms with Gasteiger partial charge in [0, 0.05) is 18.0 Å². The van der Waals surface area contributed by atoms with Crippen LogP contribution in [-0.2, 0) is 0 Å². The van der Waals surface area contributed by atoms with Crippen molar-refractivity contribution >= 4 is 0 Å². The van der Waals surface area contributed by atoms with Crippen LogP contribution in [0.4, 0.5) is 0 Å². The van der Waals surface area contributed by atoms with Gasteiger partial charge in [-0.2, -0.15) is 0 Å². The van der Waals surface area contributed by atoms with E-state index in [2.05, 4.69) is 16.9 Å². The molecule has 0 aliphatic carbocycles. The smallest absolute Gasteiger partial charge is 0.119 e. The molecule has 0 radical (unpaired) electrons. The summed E-state index contributed by atoms with van der Waals surface area (Å²) in [4.78, 5) is 7.80. The molecule has 2 aromatic rings. The molecule has 1 aromatic heterocycles. The van der Waals surface area contributed by atoms with Crippen LogP contribution in [0.1, 0.15) is 30.6 Å². The van der Waals surface area contributed by atoms with E-state index in [9.17, 15) is 5.11 Å². The van der Waals surface area contributed by atoms with Gasteiger partial charge in [-0.3, -0.25) is 0 Å². The van der Waals surface area contributed by atoms with E-state index in [1.165, 1.54) is 6.33 Å². The van der Waals surface area contributed by atoms with Crippen molar-refractivity contribution in [2.45, 2.75) is 19.4 Å². The summed E-state index contributed by atoms with van der Waals surface area (Å²) >= 11 is 0. The van der Waals surface area contributed by atoms with Gasteiger partial charge in [0.25, 0.3) is 0 Å². The minimum Gasteiger partial charge on any atom is -0.494 e. The average molecular weight is 244 g/mol. The molecule has 2 rings (SSSR count). The third-order valence-electron chi connectivity index (χ3n) is 2.54. The quantitative estimate of drug-likeness (QED) is 0.877. The van der Waals surface area contributed by atoms with Crippen LogP contribution < -0.4 is 4.74 Å².